The first kappa shape index (κ1) is 20.2. The fourth-order valence-corrected chi connectivity index (χ4v) is 3.70. The van der Waals surface area contributed by atoms with E-state index in [1.165, 1.54) is 7.11 Å². The minimum absolute atomic E-state index is 0.335. The van der Waals surface area contributed by atoms with Gasteiger partial charge in [0.2, 0.25) is 0 Å². The molecule has 0 radical (unpaired) electrons. The van der Waals surface area contributed by atoms with E-state index in [1.54, 1.807) is 31.5 Å². The molecule has 6 nitrogen and oxygen atoms in total. The Morgan fingerprint density at radius 1 is 0.935 bits per heavy atom. The lowest BCUT2D eigenvalue weighted by atomic mass is 10.1. The zero-order valence-electron chi connectivity index (χ0n) is 17.6. The van der Waals surface area contributed by atoms with Gasteiger partial charge in [0.15, 0.2) is 11.5 Å². The van der Waals surface area contributed by atoms with Crippen molar-refractivity contribution >= 4 is 23.0 Å². The lowest BCUT2D eigenvalue weighted by Crippen LogP contribution is -2.17. The van der Waals surface area contributed by atoms with E-state index in [0.29, 0.717) is 17.1 Å². The van der Waals surface area contributed by atoms with Crippen LogP contribution in [0.3, 0.4) is 0 Å². The number of para-hydroxylation sites is 1. The van der Waals surface area contributed by atoms with Crippen LogP contribution < -0.4 is 14.9 Å². The first-order chi connectivity index (χ1) is 15.1. The van der Waals surface area contributed by atoms with E-state index >= 15 is 0 Å². The molecule has 0 atom stereocenters. The molecule has 6 heteroatoms. The number of aryl methyl sites for hydroxylation is 1. The third-order valence-electron chi connectivity index (χ3n) is 5.20. The molecule has 31 heavy (non-hydrogen) atoms. The Morgan fingerprint density at radius 3 is 2.39 bits per heavy atom. The number of methoxy groups -OCH3 is 2. The van der Waals surface area contributed by atoms with Gasteiger partial charge in [-0.1, -0.05) is 48.5 Å². The van der Waals surface area contributed by atoms with Crippen LogP contribution >= 0.6 is 0 Å². The second-order valence-corrected chi connectivity index (χ2v) is 6.97. The maximum atomic E-state index is 12.6. The van der Waals surface area contributed by atoms with E-state index in [9.17, 15) is 4.79 Å². The fraction of sp³-hybridized carbons (Fsp3) is 0.120. The quantitative estimate of drug-likeness (QED) is 0.370. The Labute approximate surface area is 180 Å². The largest absolute Gasteiger partial charge is 0.493 e. The molecule has 0 aliphatic carbocycles. The second kappa shape index (κ2) is 8.75. The fourth-order valence-electron chi connectivity index (χ4n) is 3.70. The number of hydrogen-bond donors (Lipinski definition) is 1. The summed E-state index contributed by atoms with van der Waals surface area (Å²) in [4.78, 5) is 12.6. The minimum atomic E-state index is -0.335. The second-order valence-electron chi connectivity index (χ2n) is 6.97. The highest BCUT2D eigenvalue weighted by Crippen LogP contribution is 2.32. The number of rotatable bonds is 6. The van der Waals surface area contributed by atoms with Gasteiger partial charge in [-0.05, 0) is 29.8 Å². The van der Waals surface area contributed by atoms with Crippen LogP contribution in [0.25, 0.3) is 22.2 Å². The van der Waals surface area contributed by atoms with Crippen LogP contribution in [0.4, 0.5) is 0 Å². The van der Waals surface area contributed by atoms with Crippen molar-refractivity contribution in [1.29, 1.82) is 0 Å². The van der Waals surface area contributed by atoms with Gasteiger partial charge in [-0.2, -0.15) is 5.10 Å². The molecular weight excluding hydrogens is 390 g/mol. The van der Waals surface area contributed by atoms with Crippen LogP contribution in [-0.4, -0.2) is 30.9 Å². The monoisotopic (exact) mass is 413 g/mol. The number of nitrogens with one attached hydrogen (secondary N) is 1. The predicted molar refractivity (Wildman–Crippen MR) is 123 cm³/mol. The summed E-state index contributed by atoms with van der Waals surface area (Å²) >= 11 is 0. The predicted octanol–water partition coefficient (Wildman–Crippen LogP) is 4.63. The molecule has 1 aromatic heterocycles. The van der Waals surface area contributed by atoms with Gasteiger partial charge >= 0.3 is 0 Å². The number of hydrazone groups is 1. The van der Waals surface area contributed by atoms with E-state index in [2.05, 4.69) is 39.4 Å². The summed E-state index contributed by atoms with van der Waals surface area (Å²) in [7, 11) is 5.12. The maximum Gasteiger partial charge on any atom is 0.271 e. The van der Waals surface area contributed by atoms with Crippen molar-refractivity contribution in [1.82, 2.24) is 9.99 Å². The summed E-state index contributed by atoms with van der Waals surface area (Å²) in [6.07, 6.45) is 1.70. The van der Waals surface area contributed by atoms with Gasteiger partial charge in [-0.3, -0.25) is 4.79 Å². The van der Waals surface area contributed by atoms with Crippen molar-refractivity contribution in [3.8, 4) is 22.8 Å². The lowest BCUT2D eigenvalue weighted by molar-refractivity contribution is 0.0954. The smallest absolute Gasteiger partial charge is 0.271 e. The standard InChI is InChI=1S/C25H23N3O3/c1-28-21-12-8-7-11-19(21)20(24(28)17-9-5-4-6-10-17)16-26-27-25(29)18-13-14-22(30-2)23(15-18)31-3/h4-16H,1-3H3,(H,27,29). The molecule has 0 bridgehead atoms. The SMILES string of the molecule is COc1ccc(C(=O)NN=Cc2c(-c3ccccc3)n(C)c3ccccc23)cc1OC. The number of ether oxygens (including phenoxy) is 2. The number of carbonyl (C=O) groups is 1. The molecule has 4 rings (SSSR count). The van der Waals surface area contributed by atoms with Crippen molar-refractivity contribution < 1.29 is 14.3 Å². The molecule has 0 aliphatic rings. The summed E-state index contributed by atoms with van der Waals surface area (Å²) in [6.45, 7) is 0. The Morgan fingerprint density at radius 2 is 1.65 bits per heavy atom. The van der Waals surface area contributed by atoms with Crippen LogP contribution in [0.5, 0.6) is 11.5 Å². The zero-order valence-corrected chi connectivity index (χ0v) is 17.6. The molecule has 156 valence electrons. The molecule has 0 unspecified atom stereocenters. The van der Waals surface area contributed by atoms with Gasteiger partial charge in [0, 0.05) is 29.1 Å². The van der Waals surface area contributed by atoms with Gasteiger partial charge in [0.05, 0.1) is 26.1 Å². The van der Waals surface area contributed by atoms with Gasteiger partial charge < -0.3 is 14.0 Å². The molecule has 0 fully saturated rings. The highest BCUT2D eigenvalue weighted by Gasteiger charge is 2.15. The number of fused-ring (bicyclic) bond motifs is 1. The van der Waals surface area contributed by atoms with Crippen molar-refractivity contribution in [2.45, 2.75) is 0 Å². The van der Waals surface area contributed by atoms with Crippen molar-refractivity contribution in [3.63, 3.8) is 0 Å². The molecule has 1 amide bonds. The first-order valence-electron chi connectivity index (χ1n) is 9.82. The Hall–Kier alpha value is -4.06. The summed E-state index contributed by atoms with van der Waals surface area (Å²) < 4.78 is 12.6. The Kier molecular flexibility index (Phi) is 5.71. The molecular formula is C25H23N3O3. The van der Waals surface area contributed by atoms with Crippen LogP contribution in [0, 0.1) is 0 Å². The molecule has 0 saturated carbocycles. The highest BCUT2D eigenvalue weighted by atomic mass is 16.5. The van der Waals surface area contributed by atoms with Crippen LogP contribution in [0.1, 0.15) is 15.9 Å². The van der Waals surface area contributed by atoms with Gasteiger partial charge in [0.1, 0.15) is 0 Å². The van der Waals surface area contributed by atoms with Gasteiger partial charge in [-0.15, -0.1) is 0 Å². The topological polar surface area (TPSA) is 64.8 Å². The van der Waals surface area contributed by atoms with E-state index < -0.39 is 0 Å². The summed E-state index contributed by atoms with van der Waals surface area (Å²) in [6, 6.07) is 23.2. The number of carbonyl (C=O) groups excluding carboxylic acids is 1. The van der Waals surface area contributed by atoms with E-state index in [1.807, 2.05) is 37.4 Å². The number of aromatic nitrogens is 1. The molecule has 0 saturated heterocycles. The van der Waals surface area contributed by atoms with Crippen LogP contribution in [-0.2, 0) is 7.05 Å². The third-order valence-corrected chi connectivity index (χ3v) is 5.20. The number of hydrogen-bond acceptors (Lipinski definition) is 4. The van der Waals surface area contributed by atoms with E-state index in [-0.39, 0.29) is 5.91 Å². The first-order valence-corrected chi connectivity index (χ1v) is 9.82. The molecule has 1 heterocycles. The van der Waals surface area contributed by atoms with Crippen molar-refractivity contribution in [2.24, 2.45) is 12.1 Å². The summed E-state index contributed by atoms with van der Waals surface area (Å²) in [5, 5.41) is 5.32. The Bertz CT molecular complexity index is 1260. The normalized spacial score (nSPS) is 11.1. The molecule has 0 aliphatic heterocycles. The number of nitrogens with zero attached hydrogens (tertiary/aromatic N) is 2. The van der Waals surface area contributed by atoms with Crippen molar-refractivity contribution in [2.75, 3.05) is 14.2 Å². The molecule has 0 spiro atoms. The number of benzene rings is 3. The average molecular weight is 413 g/mol. The highest BCUT2D eigenvalue weighted by molar-refractivity contribution is 6.07. The minimum Gasteiger partial charge on any atom is -0.493 e. The lowest BCUT2D eigenvalue weighted by Gasteiger charge is -2.08. The summed E-state index contributed by atoms with van der Waals surface area (Å²) in [5.74, 6) is 0.712. The number of amides is 1. The average Bonchev–Trinajstić information content (AvgIpc) is 3.10. The zero-order chi connectivity index (χ0) is 21.8. The Balaban J connectivity index is 1.67. The van der Waals surface area contributed by atoms with Gasteiger partial charge in [0.25, 0.3) is 5.91 Å². The molecule has 3 aromatic carbocycles. The summed E-state index contributed by atoms with van der Waals surface area (Å²) in [5.41, 5.74) is 7.18. The van der Waals surface area contributed by atoms with E-state index in [4.69, 9.17) is 9.47 Å². The van der Waals surface area contributed by atoms with E-state index in [0.717, 1.165) is 27.7 Å². The van der Waals surface area contributed by atoms with Gasteiger partial charge in [-0.25, -0.2) is 5.43 Å². The molecule has 1 N–H and O–H groups in total. The molecule has 4 aromatic rings. The van der Waals surface area contributed by atoms with Crippen LogP contribution in [0.15, 0.2) is 77.9 Å². The van der Waals surface area contributed by atoms with Crippen LogP contribution in [0.2, 0.25) is 0 Å². The maximum absolute atomic E-state index is 12.6. The third kappa shape index (κ3) is 3.88. The van der Waals surface area contributed by atoms with Crippen molar-refractivity contribution in [3.05, 3.63) is 83.9 Å².